The highest BCUT2D eigenvalue weighted by molar-refractivity contribution is 8.18. The molecule has 182 valence electrons. The minimum Gasteiger partial charge on any atom is -0.493 e. The van der Waals surface area contributed by atoms with Crippen LogP contribution >= 0.6 is 23.1 Å². The van der Waals surface area contributed by atoms with E-state index in [-0.39, 0.29) is 5.91 Å². The van der Waals surface area contributed by atoms with Crippen molar-refractivity contribution in [2.24, 2.45) is 4.99 Å². The third-order valence-corrected chi connectivity index (χ3v) is 6.89. The molecule has 0 aliphatic carbocycles. The second-order valence-corrected chi connectivity index (χ2v) is 10.0. The number of amidine groups is 1. The summed E-state index contributed by atoms with van der Waals surface area (Å²) >= 11 is 2.70. The highest BCUT2D eigenvalue weighted by Crippen LogP contribution is 2.36. The predicted molar refractivity (Wildman–Crippen MR) is 141 cm³/mol. The number of rotatable bonds is 13. The van der Waals surface area contributed by atoms with Crippen LogP contribution in [0, 0.1) is 6.92 Å². The van der Waals surface area contributed by atoms with E-state index in [1.807, 2.05) is 31.2 Å². The first kappa shape index (κ1) is 26.0. The van der Waals surface area contributed by atoms with Gasteiger partial charge in [0, 0.05) is 6.54 Å². The predicted octanol–water partition coefficient (Wildman–Crippen LogP) is 6.38. The molecule has 0 radical (unpaired) electrons. The first-order chi connectivity index (χ1) is 16.5. The summed E-state index contributed by atoms with van der Waals surface area (Å²) in [6, 6.07) is 5.71. The van der Waals surface area contributed by atoms with Gasteiger partial charge in [0.25, 0.3) is 5.91 Å². The Kier molecular flexibility index (Phi) is 10.2. The molecule has 9 heteroatoms. The van der Waals surface area contributed by atoms with Gasteiger partial charge in [-0.05, 0) is 48.9 Å². The summed E-state index contributed by atoms with van der Waals surface area (Å²) < 4.78 is 11.5. The second kappa shape index (κ2) is 13.3. The highest BCUT2D eigenvalue weighted by atomic mass is 32.2. The molecule has 1 aromatic carbocycles. The van der Waals surface area contributed by atoms with Crippen molar-refractivity contribution in [1.82, 2.24) is 15.1 Å². The van der Waals surface area contributed by atoms with Gasteiger partial charge < -0.3 is 9.47 Å². The number of nitrogens with zero attached hydrogens (tertiary/aromatic N) is 4. The molecule has 3 rings (SSSR count). The van der Waals surface area contributed by atoms with Gasteiger partial charge in [0.1, 0.15) is 5.01 Å². The van der Waals surface area contributed by atoms with Gasteiger partial charge >= 0.3 is 0 Å². The van der Waals surface area contributed by atoms with E-state index in [1.54, 1.807) is 18.1 Å². The Morgan fingerprint density at radius 3 is 2.65 bits per heavy atom. The fourth-order valence-corrected chi connectivity index (χ4v) is 5.01. The maximum Gasteiger partial charge on any atom is 0.267 e. The number of hydrogen-bond acceptors (Lipinski definition) is 8. The van der Waals surface area contributed by atoms with Crippen LogP contribution in [0.25, 0.3) is 6.08 Å². The van der Waals surface area contributed by atoms with E-state index in [0.717, 1.165) is 17.0 Å². The van der Waals surface area contributed by atoms with Crippen LogP contribution in [-0.4, -0.2) is 46.4 Å². The molecule has 2 heterocycles. The van der Waals surface area contributed by atoms with Gasteiger partial charge in [-0.2, -0.15) is 4.99 Å². The molecule has 1 aromatic heterocycles. The van der Waals surface area contributed by atoms with Gasteiger partial charge in [-0.3, -0.25) is 9.69 Å². The van der Waals surface area contributed by atoms with Crippen molar-refractivity contribution in [1.29, 1.82) is 0 Å². The summed E-state index contributed by atoms with van der Waals surface area (Å²) in [5.74, 6) is 1.25. The van der Waals surface area contributed by atoms with E-state index >= 15 is 0 Å². The molecular weight excluding hydrogens is 468 g/mol. The van der Waals surface area contributed by atoms with Crippen LogP contribution in [0.5, 0.6) is 11.5 Å². The topological polar surface area (TPSA) is 76.9 Å². The lowest BCUT2D eigenvalue weighted by Crippen LogP contribution is -2.29. The number of hydrogen-bond donors (Lipinski definition) is 0. The lowest BCUT2D eigenvalue weighted by Gasteiger charge is -2.12. The van der Waals surface area contributed by atoms with E-state index in [0.29, 0.717) is 39.9 Å². The smallest absolute Gasteiger partial charge is 0.267 e. The minimum atomic E-state index is -0.118. The van der Waals surface area contributed by atoms with Gasteiger partial charge in [-0.15, -0.1) is 16.8 Å². The molecular formula is C25H32N4O3S2. The molecule has 2 aromatic rings. The van der Waals surface area contributed by atoms with E-state index in [2.05, 4.69) is 28.7 Å². The monoisotopic (exact) mass is 500 g/mol. The Hall–Kier alpha value is -2.65. The Morgan fingerprint density at radius 2 is 1.94 bits per heavy atom. The standard InChI is InChI=1S/C25H32N4O3S2/c1-5-7-8-9-10-11-15-32-20-13-12-19(16-21(20)31-4)17-22-23(30)29(14-6-2)25(34-22)26-24-28-27-18(3)33-24/h6,12-13,16-17H,2,5,7-11,14-15H2,1,3-4H3/b22-17-,26-25+. The van der Waals surface area contributed by atoms with Crippen molar-refractivity contribution >= 4 is 45.4 Å². The number of unbranched alkanes of at least 4 members (excludes halogenated alkanes) is 5. The Labute approximate surface area is 210 Å². The van der Waals surface area contributed by atoms with Gasteiger partial charge in [0.05, 0.1) is 18.6 Å². The Balaban J connectivity index is 1.69. The normalized spacial score (nSPS) is 16.0. The maximum absolute atomic E-state index is 13.0. The van der Waals surface area contributed by atoms with Crippen LogP contribution in [0.1, 0.15) is 56.0 Å². The number of carbonyl (C=O) groups excluding carboxylic acids is 1. The van der Waals surface area contributed by atoms with Crippen LogP contribution in [0.15, 0.2) is 40.8 Å². The number of benzene rings is 1. The molecule has 0 N–H and O–H groups in total. The van der Waals surface area contributed by atoms with Crippen LogP contribution < -0.4 is 9.47 Å². The lowest BCUT2D eigenvalue weighted by atomic mass is 10.1. The number of ether oxygens (including phenoxy) is 2. The number of aromatic nitrogens is 2. The number of carbonyl (C=O) groups is 1. The number of amides is 1. The molecule has 0 unspecified atom stereocenters. The van der Waals surface area contributed by atoms with E-state index in [9.17, 15) is 4.79 Å². The van der Waals surface area contributed by atoms with Crippen molar-refractivity contribution in [2.45, 2.75) is 52.4 Å². The molecule has 0 atom stereocenters. The fourth-order valence-electron chi connectivity index (χ4n) is 3.40. The van der Waals surface area contributed by atoms with Crippen molar-refractivity contribution in [3.05, 3.63) is 46.3 Å². The SMILES string of the molecule is C=CCN1C(=O)/C(=C/c2ccc(OCCCCCCCC)c(OC)c2)S/C1=N/c1nnc(C)s1. The molecule has 1 aliphatic rings. The third-order valence-electron chi connectivity index (χ3n) is 5.15. The van der Waals surface area contributed by atoms with Crippen LogP contribution in [0.4, 0.5) is 5.13 Å². The van der Waals surface area contributed by atoms with Gasteiger partial charge in [0.15, 0.2) is 16.7 Å². The highest BCUT2D eigenvalue weighted by Gasteiger charge is 2.33. The molecule has 0 saturated carbocycles. The van der Waals surface area contributed by atoms with Crippen LogP contribution in [0.3, 0.4) is 0 Å². The van der Waals surface area contributed by atoms with E-state index in [4.69, 9.17) is 9.47 Å². The molecule has 1 amide bonds. The minimum absolute atomic E-state index is 0.118. The zero-order valence-electron chi connectivity index (χ0n) is 20.1. The molecule has 1 saturated heterocycles. The second-order valence-electron chi connectivity index (χ2n) is 7.84. The number of aryl methyl sites for hydroxylation is 1. The quantitative estimate of drug-likeness (QED) is 0.180. The van der Waals surface area contributed by atoms with Crippen molar-refractivity contribution in [2.75, 3.05) is 20.3 Å². The van der Waals surface area contributed by atoms with Crippen LogP contribution in [0.2, 0.25) is 0 Å². The van der Waals surface area contributed by atoms with Crippen molar-refractivity contribution in [3.8, 4) is 11.5 Å². The fraction of sp³-hybridized carbons (Fsp3) is 0.440. The average Bonchev–Trinajstić information content (AvgIpc) is 3.37. The summed E-state index contributed by atoms with van der Waals surface area (Å²) in [4.78, 5) is 19.7. The molecule has 1 fully saturated rings. The maximum atomic E-state index is 13.0. The zero-order chi connectivity index (χ0) is 24.3. The van der Waals surface area contributed by atoms with Crippen LogP contribution in [-0.2, 0) is 4.79 Å². The first-order valence-electron chi connectivity index (χ1n) is 11.6. The lowest BCUT2D eigenvalue weighted by molar-refractivity contribution is -0.121. The van der Waals surface area contributed by atoms with Gasteiger partial charge in [-0.1, -0.05) is 62.5 Å². The van der Waals surface area contributed by atoms with Gasteiger partial charge in [0.2, 0.25) is 5.13 Å². The summed E-state index contributed by atoms with van der Waals surface area (Å²) in [5, 5.41) is 9.95. The summed E-state index contributed by atoms with van der Waals surface area (Å²) in [6.45, 7) is 8.89. The first-order valence-corrected chi connectivity index (χ1v) is 13.2. The Bertz CT molecular complexity index is 1050. The summed E-state index contributed by atoms with van der Waals surface area (Å²) in [5.41, 5.74) is 0.853. The average molecular weight is 501 g/mol. The zero-order valence-corrected chi connectivity index (χ0v) is 21.7. The van der Waals surface area contributed by atoms with Crippen molar-refractivity contribution in [3.63, 3.8) is 0 Å². The third kappa shape index (κ3) is 7.17. The Morgan fingerprint density at radius 1 is 1.15 bits per heavy atom. The molecule has 0 bridgehead atoms. The molecule has 1 aliphatic heterocycles. The number of thioether (sulfide) groups is 1. The molecule has 0 spiro atoms. The largest absolute Gasteiger partial charge is 0.493 e. The van der Waals surface area contributed by atoms with Crippen molar-refractivity contribution < 1.29 is 14.3 Å². The van der Waals surface area contributed by atoms with E-state index < -0.39 is 0 Å². The van der Waals surface area contributed by atoms with E-state index in [1.165, 1.54) is 55.2 Å². The number of methoxy groups -OCH3 is 1. The summed E-state index contributed by atoms with van der Waals surface area (Å²) in [6.07, 6.45) is 10.8. The van der Waals surface area contributed by atoms with Gasteiger partial charge in [-0.25, -0.2) is 0 Å². The molecule has 34 heavy (non-hydrogen) atoms. The molecule has 7 nitrogen and oxygen atoms in total. The summed E-state index contributed by atoms with van der Waals surface area (Å²) in [7, 11) is 1.62. The number of aliphatic imine (C=N–C) groups is 1.